The van der Waals surface area contributed by atoms with Crippen LogP contribution in [-0.2, 0) is 21.0 Å². The fourth-order valence-corrected chi connectivity index (χ4v) is 5.84. The number of aromatic nitrogens is 2. The zero-order valence-electron chi connectivity index (χ0n) is 19.3. The van der Waals surface area contributed by atoms with E-state index >= 15 is 0 Å². The summed E-state index contributed by atoms with van der Waals surface area (Å²) in [5.41, 5.74) is -0.168. The Morgan fingerprint density at radius 3 is 2.29 bits per heavy atom. The molecular weight excluding hydrogens is 584 g/mol. The highest BCUT2D eigenvalue weighted by atomic mass is 35.5. The number of rotatable bonds is 7. The third-order valence-electron chi connectivity index (χ3n) is 5.20. The highest BCUT2D eigenvalue weighted by Crippen LogP contribution is 2.38. The van der Waals surface area contributed by atoms with Crippen molar-refractivity contribution in [2.45, 2.75) is 18.0 Å². The van der Waals surface area contributed by atoms with Crippen molar-refractivity contribution in [1.29, 1.82) is 0 Å². The molecule has 0 aliphatic rings. The quantitative estimate of drug-likeness (QED) is 0.256. The summed E-state index contributed by atoms with van der Waals surface area (Å²) in [5, 5.41) is 10.8. The minimum Gasteiger partial charge on any atom is -0.299 e. The Balaban J connectivity index is 1.66. The van der Waals surface area contributed by atoms with Crippen molar-refractivity contribution in [3.05, 3.63) is 87.9 Å². The Hall–Kier alpha value is -3.19. The van der Waals surface area contributed by atoms with E-state index in [9.17, 15) is 26.4 Å². The van der Waals surface area contributed by atoms with Crippen molar-refractivity contribution >= 4 is 61.3 Å². The zero-order chi connectivity index (χ0) is 27.7. The first-order chi connectivity index (χ1) is 17.8. The van der Waals surface area contributed by atoms with Gasteiger partial charge in [0.2, 0.25) is 11.0 Å². The van der Waals surface area contributed by atoms with E-state index < -0.39 is 44.9 Å². The van der Waals surface area contributed by atoms with E-state index in [1.165, 1.54) is 24.3 Å². The lowest BCUT2D eigenvalue weighted by Crippen LogP contribution is -2.38. The number of carbonyl (C=O) groups excluding carboxylic acids is 1. The van der Waals surface area contributed by atoms with Crippen LogP contribution in [0.2, 0.25) is 10.0 Å². The maximum Gasteiger partial charge on any atom is 0.417 e. The molecule has 0 radical (unpaired) electrons. The Labute approximate surface area is 229 Å². The molecule has 4 rings (SSSR count). The molecule has 198 valence electrons. The summed E-state index contributed by atoms with van der Waals surface area (Å²) in [6.45, 7) is 0.905. The standard InChI is InChI=1S/C24H17Cl2F3N4O3S2/c1-14-2-9-18(10-3-14)38(35,36)33(17-8-11-20(26)19(12-17)24(27,28)29)13-21(34)30-23-32-31-22(37-23)15-4-6-16(25)7-5-15/h2-12H,13H2,1H3,(H,30,32,34). The summed E-state index contributed by atoms with van der Waals surface area (Å²) < 4.78 is 68.1. The van der Waals surface area contributed by atoms with Gasteiger partial charge in [-0.25, -0.2) is 8.42 Å². The monoisotopic (exact) mass is 600 g/mol. The molecule has 0 aliphatic carbocycles. The molecule has 0 saturated heterocycles. The van der Waals surface area contributed by atoms with Gasteiger partial charge in [0.1, 0.15) is 11.6 Å². The minimum atomic E-state index is -4.85. The zero-order valence-corrected chi connectivity index (χ0v) is 22.5. The van der Waals surface area contributed by atoms with Gasteiger partial charge in [-0.05, 0) is 49.4 Å². The second kappa shape index (κ2) is 10.9. The normalized spacial score (nSPS) is 11.8. The van der Waals surface area contributed by atoms with Crippen LogP contribution in [0.3, 0.4) is 0 Å². The highest BCUT2D eigenvalue weighted by Gasteiger charge is 2.35. The smallest absolute Gasteiger partial charge is 0.299 e. The Morgan fingerprint density at radius 1 is 1.00 bits per heavy atom. The number of hydrogen-bond donors (Lipinski definition) is 1. The summed E-state index contributed by atoms with van der Waals surface area (Å²) in [7, 11) is -4.46. The lowest BCUT2D eigenvalue weighted by atomic mass is 10.2. The fraction of sp³-hybridized carbons (Fsp3) is 0.125. The van der Waals surface area contributed by atoms with Crippen LogP contribution in [0.5, 0.6) is 0 Å². The van der Waals surface area contributed by atoms with Gasteiger partial charge in [0, 0.05) is 10.6 Å². The average molecular weight is 601 g/mol. The number of amides is 1. The van der Waals surface area contributed by atoms with Gasteiger partial charge in [-0.3, -0.25) is 14.4 Å². The molecule has 0 saturated carbocycles. The van der Waals surface area contributed by atoms with Crippen molar-refractivity contribution in [2.24, 2.45) is 0 Å². The summed E-state index contributed by atoms with van der Waals surface area (Å²) >= 11 is 12.6. The first-order valence-electron chi connectivity index (χ1n) is 10.7. The van der Waals surface area contributed by atoms with Crippen LogP contribution in [0, 0.1) is 6.92 Å². The molecule has 0 aliphatic heterocycles. The predicted molar refractivity (Wildman–Crippen MR) is 141 cm³/mol. The second-order valence-electron chi connectivity index (χ2n) is 7.95. The number of aryl methyl sites for hydroxylation is 1. The van der Waals surface area contributed by atoms with Gasteiger partial charge in [0.25, 0.3) is 10.0 Å². The van der Waals surface area contributed by atoms with Gasteiger partial charge < -0.3 is 0 Å². The van der Waals surface area contributed by atoms with E-state index in [4.69, 9.17) is 23.2 Å². The van der Waals surface area contributed by atoms with Crippen LogP contribution in [0.1, 0.15) is 11.1 Å². The topological polar surface area (TPSA) is 92.3 Å². The van der Waals surface area contributed by atoms with Crippen LogP contribution in [0.4, 0.5) is 24.0 Å². The van der Waals surface area contributed by atoms with Gasteiger partial charge in [-0.15, -0.1) is 10.2 Å². The van der Waals surface area contributed by atoms with Gasteiger partial charge in [-0.2, -0.15) is 13.2 Å². The van der Waals surface area contributed by atoms with E-state index in [1.807, 2.05) is 0 Å². The number of anilines is 2. The number of halogens is 5. The molecule has 14 heteroatoms. The molecule has 0 atom stereocenters. The molecule has 4 aromatic rings. The first kappa shape index (κ1) is 27.8. The molecule has 0 fully saturated rings. The number of hydrogen-bond acceptors (Lipinski definition) is 6. The maximum atomic E-state index is 13.5. The van der Waals surface area contributed by atoms with Crippen LogP contribution in [0.15, 0.2) is 71.6 Å². The number of benzene rings is 3. The summed E-state index contributed by atoms with van der Waals surface area (Å²) in [4.78, 5) is 12.7. The molecular formula is C24H17Cl2F3N4O3S2. The Bertz CT molecular complexity index is 1580. The van der Waals surface area contributed by atoms with Gasteiger partial charge in [0.05, 0.1) is 21.2 Å². The van der Waals surface area contributed by atoms with Gasteiger partial charge >= 0.3 is 6.18 Å². The molecule has 1 amide bonds. The van der Waals surface area contributed by atoms with Crippen LogP contribution < -0.4 is 9.62 Å². The van der Waals surface area contributed by atoms with E-state index in [1.54, 1.807) is 31.2 Å². The average Bonchev–Trinajstić information content (AvgIpc) is 3.31. The molecule has 38 heavy (non-hydrogen) atoms. The number of sulfonamides is 1. The van der Waals surface area contributed by atoms with E-state index in [2.05, 4.69) is 15.5 Å². The molecule has 0 spiro atoms. The summed E-state index contributed by atoms with van der Waals surface area (Å²) in [6.07, 6.45) is -4.85. The molecule has 1 N–H and O–H groups in total. The molecule has 0 unspecified atom stereocenters. The molecule has 3 aromatic carbocycles. The van der Waals surface area contributed by atoms with E-state index in [0.717, 1.165) is 29.0 Å². The highest BCUT2D eigenvalue weighted by molar-refractivity contribution is 7.92. The largest absolute Gasteiger partial charge is 0.417 e. The maximum absolute atomic E-state index is 13.5. The first-order valence-corrected chi connectivity index (χ1v) is 13.7. The van der Waals surface area contributed by atoms with Crippen molar-refractivity contribution in [2.75, 3.05) is 16.2 Å². The van der Waals surface area contributed by atoms with E-state index in [-0.39, 0.29) is 10.0 Å². The minimum absolute atomic E-state index is 0.0692. The predicted octanol–water partition coefficient (Wildman–Crippen LogP) is 6.67. The van der Waals surface area contributed by atoms with Gasteiger partial charge in [0.15, 0.2) is 0 Å². The Kier molecular flexibility index (Phi) is 7.98. The lowest BCUT2D eigenvalue weighted by molar-refractivity contribution is -0.137. The lowest BCUT2D eigenvalue weighted by Gasteiger charge is -2.25. The van der Waals surface area contributed by atoms with Crippen molar-refractivity contribution in [1.82, 2.24) is 10.2 Å². The fourth-order valence-electron chi connectivity index (χ4n) is 3.31. The molecule has 1 heterocycles. The summed E-state index contributed by atoms with van der Waals surface area (Å²) in [5.74, 6) is -0.844. The van der Waals surface area contributed by atoms with Crippen LogP contribution in [0.25, 0.3) is 10.6 Å². The molecule has 0 bridgehead atoms. The van der Waals surface area contributed by atoms with Crippen LogP contribution in [-0.4, -0.2) is 31.1 Å². The number of nitrogens with one attached hydrogen (secondary N) is 1. The molecule has 7 nitrogen and oxygen atoms in total. The summed E-state index contributed by atoms with van der Waals surface area (Å²) in [6, 6.07) is 15.0. The number of carbonyl (C=O) groups is 1. The second-order valence-corrected chi connectivity index (χ2v) is 11.6. The number of nitrogens with zero attached hydrogens (tertiary/aromatic N) is 3. The molecule has 1 aromatic heterocycles. The van der Waals surface area contributed by atoms with Crippen molar-refractivity contribution < 1.29 is 26.4 Å². The van der Waals surface area contributed by atoms with Crippen molar-refractivity contribution in [3.63, 3.8) is 0 Å². The van der Waals surface area contributed by atoms with Gasteiger partial charge in [-0.1, -0.05) is 64.4 Å². The third-order valence-corrected chi connectivity index (χ3v) is 8.46. The number of alkyl halides is 3. The Morgan fingerprint density at radius 2 is 1.66 bits per heavy atom. The third kappa shape index (κ3) is 6.26. The van der Waals surface area contributed by atoms with E-state index in [0.29, 0.717) is 26.0 Å². The SMILES string of the molecule is Cc1ccc(S(=O)(=O)N(CC(=O)Nc2nnc(-c3ccc(Cl)cc3)s2)c2ccc(Cl)c(C(F)(F)F)c2)cc1. The van der Waals surface area contributed by atoms with Crippen molar-refractivity contribution in [3.8, 4) is 10.6 Å². The van der Waals surface area contributed by atoms with Crippen LogP contribution >= 0.6 is 34.5 Å².